The molecule has 0 saturated carbocycles. The fourth-order valence-corrected chi connectivity index (χ4v) is 3.53. The van der Waals surface area contributed by atoms with Crippen LogP contribution < -0.4 is 10.1 Å². The molecule has 0 aliphatic heterocycles. The zero-order chi connectivity index (χ0) is 26.2. The van der Waals surface area contributed by atoms with Crippen LogP contribution in [-0.4, -0.2) is 30.3 Å². The second-order valence-electron chi connectivity index (χ2n) is 11.0. The summed E-state index contributed by atoms with van der Waals surface area (Å²) in [5.74, 6) is 1.84. The summed E-state index contributed by atoms with van der Waals surface area (Å²) >= 11 is 0. The number of benzene rings is 2. The van der Waals surface area contributed by atoms with Crippen LogP contribution in [0, 0.1) is 6.92 Å². The summed E-state index contributed by atoms with van der Waals surface area (Å²) in [5.41, 5.74) is 4.45. The van der Waals surface area contributed by atoms with Crippen molar-refractivity contribution < 1.29 is 14.3 Å². The van der Waals surface area contributed by atoms with Gasteiger partial charge in [-0.15, -0.1) is 0 Å². The predicted octanol–water partition coefficient (Wildman–Crippen LogP) is 7.19. The Balaban J connectivity index is 0.00000100. The van der Waals surface area contributed by atoms with Crippen LogP contribution in [0.3, 0.4) is 0 Å². The van der Waals surface area contributed by atoms with Gasteiger partial charge < -0.3 is 19.6 Å². The normalized spacial score (nSPS) is 11.7. The summed E-state index contributed by atoms with van der Waals surface area (Å²) in [4.78, 5) is 4.71. The third-order valence-corrected chi connectivity index (χ3v) is 5.75. The van der Waals surface area contributed by atoms with Crippen molar-refractivity contribution in [2.24, 2.45) is 0 Å². The maximum atomic E-state index is 10.9. The molecule has 5 nitrogen and oxygen atoms in total. The fraction of sp³-hybridized carbons (Fsp3) is 0.500. The van der Waals surface area contributed by atoms with E-state index < -0.39 is 0 Å². The second-order valence-corrected chi connectivity index (χ2v) is 11.0. The molecular formula is C30H44N2O3. The van der Waals surface area contributed by atoms with Gasteiger partial charge in [-0.1, -0.05) is 66.2 Å². The molecule has 0 unspecified atom stereocenters. The van der Waals surface area contributed by atoms with Crippen molar-refractivity contribution in [1.29, 1.82) is 0 Å². The molecular weight excluding hydrogens is 436 g/mol. The molecule has 0 spiro atoms. The van der Waals surface area contributed by atoms with Gasteiger partial charge in [0, 0.05) is 16.7 Å². The van der Waals surface area contributed by atoms with E-state index in [9.17, 15) is 5.11 Å². The first kappa shape index (κ1) is 28.4. The van der Waals surface area contributed by atoms with Crippen molar-refractivity contribution in [3.05, 3.63) is 65.0 Å². The topological polar surface area (TPSA) is 67.5 Å². The Labute approximate surface area is 211 Å². The van der Waals surface area contributed by atoms with Gasteiger partial charge in [0.25, 0.3) is 0 Å². The van der Waals surface area contributed by atoms with Gasteiger partial charge in [-0.25, -0.2) is 4.98 Å². The van der Waals surface area contributed by atoms with Crippen LogP contribution in [0.2, 0.25) is 0 Å². The van der Waals surface area contributed by atoms with E-state index >= 15 is 0 Å². The molecule has 0 bridgehead atoms. The number of nitrogens with zero attached hydrogens (tertiary/aromatic N) is 1. The molecule has 0 fully saturated rings. The number of aromatic nitrogens is 1. The van der Waals surface area contributed by atoms with Gasteiger partial charge in [-0.05, 0) is 68.5 Å². The molecule has 35 heavy (non-hydrogen) atoms. The van der Waals surface area contributed by atoms with Crippen LogP contribution in [-0.2, 0) is 17.3 Å². The number of phenolic OH excluding ortho intramolecular Hbond substituents is 1. The van der Waals surface area contributed by atoms with Crippen molar-refractivity contribution in [2.75, 3.05) is 20.2 Å². The maximum absolute atomic E-state index is 10.9. The number of phenols is 1. The number of aromatic hydroxyl groups is 1. The van der Waals surface area contributed by atoms with Gasteiger partial charge >= 0.3 is 0 Å². The number of oxazole rings is 1. The Bertz CT molecular complexity index is 1020. The van der Waals surface area contributed by atoms with Crippen molar-refractivity contribution >= 4 is 0 Å². The van der Waals surface area contributed by atoms with Gasteiger partial charge in [0.05, 0.1) is 12.3 Å². The van der Waals surface area contributed by atoms with Gasteiger partial charge in [-0.3, -0.25) is 0 Å². The Kier molecular flexibility index (Phi) is 9.96. The van der Waals surface area contributed by atoms with Gasteiger partial charge in [0.15, 0.2) is 0 Å². The number of nitrogens with one attached hydrogen (secondary N) is 1. The number of hydrogen-bond donors (Lipinski definition) is 2. The minimum atomic E-state index is -0.192. The van der Waals surface area contributed by atoms with Crippen LogP contribution in [0.5, 0.6) is 11.5 Å². The molecule has 3 aromatic rings. The monoisotopic (exact) mass is 480 g/mol. The minimum Gasteiger partial charge on any atom is -0.507 e. The van der Waals surface area contributed by atoms with E-state index in [1.165, 1.54) is 5.56 Å². The van der Waals surface area contributed by atoms with Gasteiger partial charge in [0.1, 0.15) is 17.8 Å². The van der Waals surface area contributed by atoms with E-state index in [0.717, 1.165) is 47.5 Å². The average molecular weight is 481 g/mol. The van der Waals surface area contributed by atoms with E-state index in [4.69, 9.17) is 14.1 Å². The Morgan fingerprint density at radius 1 is 0.971 bits per heavy atom. The molecule has 0 radical (unpaired) electrons. The molecule has 0 atom stereocenters. The predicted molar refractivity (Wildman–Crippen MR) is 146 cm³/mol. The van der Waals surface area contributed by atoms with Crippen LogP contribution in [0.15, 0.2) is 47.1 Å². The molecule has 2 aromatic carbocycles. The molecule has 0 amide bonds. The quantitative estimate of drug-likeness (QED) is 0.350. The average Bonchev–Trinajstić information content (AvgIpc) is 3.25. The first-order chi connectivity index (χ1) is 16.4. The minimum absolute atomic E-state index is 0.192. The smallest absolute Gasteiger partial charge is 0.226 e. The summed E-state index contributed by atoms with van der Waals surface area (Å²) < 4.78 is 11.6. The van der Waals surface area contributed by atoms with Crippen molar-refractivity contribution in [3.63, 3.8) is 0 Å². The lowest BCUT2D eigenvalue weighted by Gasteiger charge is -2.27. The highest BCUT2D eigenvalue weighted by Crippen LogP contribution is 2.41. The van der Waals surface area contributed by atoms with Crippen LogP contribution in [0.25, 0.3) is 11.5 Å². The zero-order valence-electron chi connectivity index (χ0n) is 23.1. The highest BCUT2D eigenvalue weighted by atomic mass is 16.5. The number of hydrogen-bond acceptors (Lipinski definition) is 5. The SMILES string of the molecule is CCNC.Cc1ccc(OCCCc2coc(-c3cc(C(C)(C)C)c(O)c(C(C)(C)C)c3)n2)cc1. The highest BCUT2D eigenvalue weighted by molar-refractivity contribution is 5.63. The largest absolute Gasteiger partial charge is 0.507 e. The van der Waals surface area contributed by atoms with Gasteiger partial charge in [-0.2, -0.15) is 0 Å². The molecule has 0 aliphatic carbocycles. The third kappa shape index (κ3) is 8.43. The zero-order valence-corrected chi connectivity index (χ0v) is 23.1. The number of aryl methyl sites for hydroxylation is 2. The summed E-state index contributed by atoms with van der Waals surface area (Å²) in [6, 6.07) is 12.1. The lowest BCUT2D eigenvalue weighted by Crippen LogP contribution is -2.17. The Morgan fingerprint density at radius 2 is 1.51 bits per heavy atom. The molecule has 1 heterocycles. The number of rotatable bonds is 7. The molecule has 192 valence electrons. The lowest BCUT2D eigenvalue weighted by molar-refractivity contribution is 0.310. The molecule has 2 N–H and O–H groups in total. The summed E-state index contributed by atoms with van der Waals surface area (Å²) in [6.45, 7) is 18.5. The molecule has 5 heteroatoms. The van der Waals surface area contributed by atoms with Crippen molar-refractivity contribution in [2.45, 2.75) is 79.1 Å². The van der Waals surface area contributed by atoms with E-state index in [1.807, 2.05) is 31.3 Å². The molecule has 1 aromatic heterocycles. The third-order valence-electron chi connectivity index (χ3n) is 5.75. The first-order valence-corrected chi connectivity index (χ1v) is 12.5. The fourth-order valence-electron chi connectivity index (χ4n) is 3.53. The Hall–Kier alpha value is -2.79. The summed E-state index contributed by atoms with van der Waals surface area (Å²) in [6.07, 6.45) is 3.36. The molecule has 0 saturated heterocycles. The highest BCUT2D eigenvalue weighted by Gasteiger charge is 2.27. The summed E-state index contributed by atoms with van der Waals surface area (Å²) in [7, 11) is 1.93. The van der Waals surface area contributed by atoms with E-state index in [-0.39, 0.29) is 10.8 Å². The second kappa shape index (κ2) is 12.3. The lowest BCUT2D eigenvalue weighted by atomic mass is 9.78. The maximum Gasteiger partial charge on any atom is 0.226 e. The Morgan fingerprint density at radius 3 is 2.00 bits per heavy atom. The van der Waals surface area contributed by atoms with E-state index in [1.54, 1.807) is 6.26 Å². The van der Waals surface area contributed by atoms with Crippen LogP contribution in [0.4, 0.5) is 0 Å². The van der Waals surface area contributed by atoms with Crippen molar-refractivity contribution in [1.82, 2.24) is 10.3 Å². The van der Waals surface area contributed by atoms with E-state index in [2.05, 4.69) is 72.8 Å². The van der Waals surface area contributed by atoms with Crippen molar-refractivity contribution in [3.8, 4) is 23.0 Å². The van der Waals surface area contributed by atoms with E-state index in [0.29, 0.717) is 18.2 Å². The van der Waals surface area contributed by atoms with Crippen LogP contribution >= 0.6 is 0 Å². The number of ether oxygens (including phenoxy) is 1. The summed E-state index contributed by atoms with van der Waals surface area (Å²) in [5, 5.41) is 13.9. The molecule has 0 aliphatic rings. The first-order valence-electron chi connectivity index (χ1n) is 12.5. The van der Waals surface area contributed by atoms with Crippen LogP contribution in [0.1, 0.15) is 77.3 Å². The van der Waals surface area contributed by atoms with Gasteiger partial charge in [0.2, 0.25) is 5.89 Å². The molecule has 3 rings (SSSR count). The standard InChI is InChI=1S/C27H35NO3.C3H9N/c1-18-10-12-21(13-11-18)30-14-8-9-20-17-31-25(28-20)19-15-22(26(2,3)4)24(29)23(16-19)27(5,6)7;1-3-4-2/h10-13,15-17,29H,8-9,14H2,1-7H3;4H,3H2,1-2H3.